The second-order valence-electron chi connectivity index (χ2n) is 8.36. The van der Waals surface area contributed by atoms with Crippen molar-refractivity contribution in [2.24, 2.45) is 0 Å². The molecule has 1 fully saturated rings. The van der Waals surface area contributed by atoms with Crippen LogP contribution in [0.3, 0.4) is 0 Å². The zero-order chi connectivity index (χ0) is 23.1. The van der Waals surface area contributed by atoms with E-state index < -0.39 is 22.2 Å². The molecule has 0 spiro atoms. The predicted molar refractivity (Wildman–Crippen MR) is 124 cm³/mol. The highest BCUT2D eigenvalue weighted by atomic mass is 32.2. The molecule has 7 nitrogen and oxygen atoms in total. The van der Waals surface area contributed by atoms with Crippen molar-refractivity contribution in [3.63, 3.8) is 0 Å². The van der Waals surface area contributed by atoms with E-state index in [1.54, 1.807) is 12.1 Å². The van der Waals surface area contributed by atoms with Crippen LogP contribution in [0.15, 0.2) is 48.5 Å². The fourth-order valence-electron chi connectivity index (χ4n) is 3.99. The molecule has 0 saturated carbocycles. The summed E-state index contributed by atoms with van der Waals surface area (Å²) in [5.41, 5.74) is 4.31. The molecule has 3 rings (SSSR count). The first kappa shape index (κ1) is 24.2. The summed E-state index contributed by atoms with van der Waals surface area (Å²) in [5.74, 6) is -0.110. The summed E-state index contributed by atoms with van der Waals surface area (Å²) in [4.78, 5) is 11.2. The highest BCUT2D eigenvalue weighted by molar-refractivity contribution is 7.89. The maximum Gasteiger partial charge on any atom is 0.405 e. The van der Waals surface area contributed by atoms with Crippen LogP contribution in [0.1, 0.15) is 47.6 Å². The fraction of sp³-hybridized carbons (Fsp3) is 0.458. The third-order valence-electron chi connectivity index (χ3n) is 5.94. The molecule has 1 aliphatic rings. The van der Waals surface area contributed by atoms with Crippen molar-refractivity contribution in [3.05, 3.63) is 70.8 Å². The maximum atomic E-state index is 12.9. The number of hydrogen-bond acceptors (Lipinski definition) is 4. The molecule has 2 aromatic rings. The number of hydrogen-bond donors (Lipinski definition) is 2. The van der Waals surface area contributed by atoms with Crippen LogP contribution in [0.5, 0.6) is 0 Å². The van der Waals surface area contributed by atoms with Gasteiger partial charge in [-0.25, -0.2) is 17.5 Å². The molecule has 8 heteroatoms. The minimum atomic E-state index is -3.48. The standard InChI is InChI=1S/C24H32N2O5S/c1-18-8-9-19(2)21(16-18)17-31-22-10-13-26(14-11-22)32(29,30)15-12-23(25-24(27)28)20-6-4-3-5-7-20/h3-9,16,22-23,25H,10-15,17H2,1-2H3,(H,27,28). The lowest BCUT2D eigenvalue weighted by Gasteiger charge is -2.31. The Balaban J connectivity index is 1.51. The van der Waals surface area contributed by atoms with Gasteiger partial charge in [0.05, 0.1) is 24.5 Å². The number of sulfonamides is 1. The van der Waals surface area contributed by atoms with Gasteiger partial charge in [-0.05, 0) is 49.8 Å². The van der Waals surface area contributed by atoms with E-state index in [0.717, 1.165) is 11.1 Å². The van der Waals surface area contributed by atoms with Crippen LogP contribution < -0.4 is 5.32 Å². The average molecular weight is 461 g/mol. The molecule has 0 aromatic heterocycles. The van der Waals surface area contributed by atoms with Gasteiger partial charge in [-0.3, -0.25) is 0 Å². The molecule has 174 valence electrons. The number of aryl methyl sites for hydroxylation is 2. The second kappa shape index (κ2) is 10.9. The number of rotatable bonds is 9. The Kier molecular flexibility index (Phi) is 8.28. The Morgan fingerprint density at radius 3 is 2.50 bits per heavy atom. The number of nitrogens with one attached hydrogen (secondary N) is 1. The topological polar surface area (TPSA) is 95.9 Å². The number of ether oxygens (including phenoxy) is 1. The van der Waals surface area contributed by atoms with Crippen LogP contribution in [0.2, 0.25) is 0 Å². The maximum absolute atomic E-state index is 12.9. The monoisotopic (exact) mass is 460 g/mol. The lowest BCUT2D eigenvalue weighted by molar-refractivity contribution is 0.00996. The summed E-state index contributed by atoms with van der Waals surface area (Å²) in [5, 5.41) is 11.6. The van der Waals surface area contributed by atoms with Gasteiger partial charge in [0.15, 0.2) is 0 Å². The molecule has 1 atom stereocenters. The molecule has 2 N–H and O–H groups in total. The van der Waals surface area contributed by atoms with Crippen LogP contribution in [0.4, 0.5) is 4.79 Å². The first-order chi connectivity index (χ1) is 15.2. The van der Waals surface area contributed by atoms with E-state index in [2.05, 4.69) is 37.4 Å². The van der Waals surface area contributed by atoms with Crippen molar-refractivity contribution in [1.82, 2.24) is 9.62 Å². The zero-order valence-corrected chi connectivity index (χ0v) is 19.5. The number of amides is 1. The van der Waals surface area contributed by atoms with Gasteiger partial charge in [0.1, 0.15) is 0 Å². The summed E-state index contributed by atoms with van der Waals surface area (Å²) in [7, 11) is -3.48. The molecule has 0 bridgehead atoms. The molecule has 1 heterocycles. The molecule has 0 aliphatic carbocycles. The van der Waals surface area contributed by atoms with Gasteiger partial charge in [-0.2, -0.15) is 0 Å². The summed E-state index contributed by atoms with van der Waals surface area (Å²) in [6.45, 7) is 5.49. The molecule has 32 heavy (non-hydrogen) atoms. The minimum absolute atomic E-state index is 0.0344. The SMILES string of the molecule is Cc1ccc(C)c(COC2CCN(S(=O)(=O)CCC(NC(=O)O)c3ccccc3)CC2)c1. The van der Waals surface area contributed by atoms with E-state index in [0.29, 0.717) is 32.5 Å². The third-order valence-corrected chi connectivity index (χ3v) is 7.84. The Labute approximate surface area is 190 Å². The molecular formula is C24H32N2O5S. The Morgan fingerprint density at radius 2 is 1.84 bits per heavy atom. The average Bonchev–Trinajstić information content (AvgIpc) is 2.78. The van der Waals surface area contributed by atoms with Crippen molar-refractivity contribution >= 4 is 16.1 Å². The van der Waals surface area contributed by atoms with Crippen molar-refractivity contribution in [1.29, 1.82) is 0 Å². The van der Waals surface area contributed by atoms with Crippen LogP contribution in [0, 0.1) is 13.8 Å². The summed E-state index contributed by atoms with van der Waals surface area (Å²) in [6, 6.07) is 14.8. The van der Waals surface area contributed by atoms with E-state index in [4.69, 9.17) is 9.84 Å². The largest absolute Gasteiger partial charge is 0.465 e. The number of piperidine rings is 1. The first-order valence-electron chi connectivity index (χ1n) is 10.9. The smallest absolute Gasteiger partial charge is 0.405 e. The highest BCUT2D eigenvalue weighted by Gasteiger charge is 2.29. The summed E-state index contributed by atoms with van der Waals surface area (Å²) in [6.07, 6.45) is 0.353. The zero-order valence-electron chi connectivity index (χ0n) is 18.7. The quantitative estimate of drug-likeness (QED) is 0.589. The Bertz CT molecular complexity index is 1000. The molecule has 1 unspecified atom stereocenters. The summed E-state index contributed by atoms with van der Waals surface area (Å²) < 4.78 is 33.3. The third kappa shape index (κ3) is 6.79. The van der Waals surface area contributed by atoms with Crippen LogP contribution in [-0.2, 0) is 21.4 Å². The predicted octanol–water partition coefficient (Wildman–Crippen LogP) is 4.01. The molecule has 1 aliphatic heterocycles. The van der Waals surface area contributed by atoms with Gasteiger partial charge < -0.3 is 15.2 Å². The molecule has 0 radical (unpaired) electrons. The Hall–Kier alpha value is -2.42. The highest BCUT2D eigenvalue weighted by Crippen LogP contribution is 2.23. The second-order valence-corrected chi connectivity index (χ2v) is 10.4. The van der Waals surface area contributed by atoms with Crippen LogP contribution in [0.25, 0.3) is 0 Å². The van der Waals surface area contributed by atoms with Gasteiger partial charge in [0.2, 0.25) is 10.0 Å². The fourth-order valence-corrected chi connectivity index (χ4v) is 5.55. The molecule has 2 aromatic carbocycles. The Morgan fingerprint density at radius 1 is 1.16 bits per heavy atom. The van der Waals surface area contributed by atoms with Gasteiger partial charge in [-0.15, -0.1) is 0 Å². The molecular weight excluding hydrogens is 428 g/mol. The van der Waals surface area contributed by atoms with Crippen molar-refractivity contribution in [3.8, 4) is 0 Å². The minimum Gasteiger partial charge on any atom is -0.465 e. The lowest BCUT2D eigenvalue weighted by Crippen LogP contribution is -2.42. The van der Waals surface area contributed by atoms with E-state index in [1.165, 1.54) is 15.4 Å². The molecule has 1 amide bonds. The van der Waals surface area contributed by atoms with E-state index in [9.17, 15) is 13.2 Å². The van der Waals surface area contributed by atoms with E-state index in [-0.39, 0.29) is 18.3 Å². The number of nitrogens with zero attached hydrogens (tertiary/aromatic N) is 1. The normalized spacial score (nSPS) is 16.6. The van der Waals surface area contributed by atoms with Crippen molar-refractivity contribution in [2.45, 2.75) is 51.9 Å². The number of carbonyl (C=O) groups is 1. The lowest BCUT2D eigenvalue weighted by atomic mass is 10.1. The van der Waals surface area contributed by atoms with Crippen LogP contribution in [-0.4, -0.2) is 48.9 Å². The van der Waals surface area contributed by atoms with Gasteiger partial charge in [-0.1, -0.05) is 54.1 Å². The van der Waals surface area contributed by atoms with E-state index in [1.807, 2.05) is 18.2 Å². The first-order valence-corrected chi connectivity index (χ1v) is 12.6. The number of carboxylic acid groups (broad SMARTS) is 1. The van der Waals surface area contributed by atoms with Gasteiger partial charge in [0, 0.05) is 13.1 Å². The summed E-state index contributed by atoms with van der Waals surface area (Å²) >= 11 is 0. The van der Waals surface area contributed by atoms with Gasteiger partial charge in [0.25, 0.3) is 0 Å². The number of benzene rings is 2. The molecule has 1 saturated heterocycles. The van der Waals surface area contributed by atoms with E-state index >= 15 is 0 Å². The van der Waals surface area contributed by atoms with Crippen molar-refractivity contribution < 1.29 is 23.1 Å². The van der Waals surface area contributed by atoms with Gasteiger partial charge >= 0.3 is 6.09 Å². The van der Waals surface area contributed by atoms with Crippen LogP contribution >= 0.6 is 0 Å². The van der Waals surface area contributed by atoms with Crippen molar-refractivity contribution in [2.75, 3.05) is 18.8 Å².